The summed E-state index contributed by atoms with van der Waals surface area (Å²) < 4.78 is 26.1. The second kappa shape index (κ2) is 8.16. The molecule has 4 nitrogen and oxygen atoms in total. The van der Waals surface area contributed by atoms with Crippen molar-refractivity contribution >= 4 is 34.3 Å². The fraction of sp³-hybridized carbons (Fsp3) is 0. The number of carboxylic acid groups (broad SMARTS) is 1. The molecule has 0 bridgehead atoms. The van der Waals surface area contributed by atoms with Crippen LogP contribution in [0.3, 0.4) is 0 Å². The van der Waals surface area contributed by atoms with E-state index in [0.29, 0.717) is 10.4 Å². The number of para-hydroxylation sites is 1. The molecule has 0 radical (unpaired) electrons. The first-order valence-corrected chi connectivity index (χ1v) is 7.47. The maximum absolute atomic E-state index is 13.2. The Morgan fingerprint density at radius 3 is 2.50 bits per heavy atom. The largest absolute Gasteiger partial charge is 0.483 e. The Balaban J connectivity index is 0.000000647. The third kappa shape index (κ3) is 4.14. The third-order valence-electron chi connectivity index (χ3n) is 2.95. The van der Waals surface area contributed by atoms with Gasteiger partial charge in [-0.15, -0.1) is 0 Å². The highest BCUT2D eigenvalue weighted by molar-refractivity contribution is 8.14. The Morgan fingerprint density at radius 1 is 1.08 bits per heavy atom. The van der Waals surface area contributed by atoms with E-state index in [2.05, 4.69) is 4.98 Å². The summed E-state index contributed by atoms with van der Waals surface area (Å²) >= 11 is 0.950. The van der Waals surface area contributed by atoms with E-state index >= 15 is 0 Å². The Bertz CT molecular complexity index is 881. The van der Waals surface area contributed by atoms with Crippen molar-refractivity contribution in [2.24, 2.45) is 0 Å². The molecule has 2 aromatic carbocycles. The van der Waals surface area contributed by atoms with Gasteiger partial charge in [-0.05, 0) is 42.1 Å². The van der Waals surface area contributed by atoms with Crippen LogP contribution in [0.15, 0.2) is 59.6 Å². The molecular formula is C17H11F2NO3S. The standard InChI is InChI=1S/C16H9F2NOS.CH2O2/c17-12-7-6-11(9-13(12)18)16(20)21-14-5-1-3-10-4-2-8-19-15(10)14;2-1-3/h1-9H;1H,(H,2,3). The fourth-order valence-corrected chi connectivity index (χ4v) is 2.80. The number of rotatable bonds is 2. The van der Waals surface area contributed by atoms with Gasteiger partial charge in [0, 0.05) is 22.0 Å². The number of thioether (sulfide) groups is 1. The van der Waals surface area contributed by atoms with E-state index in [9.17, 15) is 13.6 Å². The Kier molecular flexibility index (Phi) is 5.97. The first-order valence-electron chi connectivity index (χ1n) is 6.65. The maximum Gasteiger partial charge on any atom is 0.290 e. The highest BCUT2D eigenvalue weighted by atomic mass is 32.2. The molecule has 1 heterocycles. The monoisotopic (exact) mass is 347 g/mol. The van der Waals surface area contributed by atoms with E-state index in [4.69, 9.17) is 9.90 Å². The average Bonchev–Trinajstić information content (AvgIpc) is 2.58. The fourth-order valence-electron chi connectivity index (χ4n) is 1.94. The molecule has 0 aliphatic carbocycles. The van der Waals surface area contributed by atoms with Crippen LogP contribution >= 0.6 is 11.8 Å². The van der Waals surface area contributed by atoms with E-state index in [1.165, 1.54) is 6.07 Å². The van der Waals surface area contributed by atoms with Crippen molar-refractivity contribution in [3.05, 3.63) is 71.9 Å². The second-order valence-corrected chi connectivity index (χ2v) is 5.47. The summed E-state index contributed by atoms with van der Waals surface area (Å²) in [5, 5.41) is 7.45. The summed E-state index contributed by atoms with van der Waals surface area (Å²) in [7, 11) is 0. The lowest BCUT2D eigenvalue weighted by Gasteiger charge is -2.05. The Morgan fingerprint density at radius 2 is 1.79 bits per heavy atom. The number of benzene rings is 2. The molecule has 0 atom stereocenters. The predicted molar refractivity (Wildman–Crippen MR) is 87.0 cm³/mol. The second-order valence-electron chi connectivity index (χ2n) is 4.46. The van der Waals surface area contributed by atoms with Crippen molar-refractivity contribution in [1.29, 1.82) is 0 Å². The van der Waals surface area contributed by atoms with Gasteiger partial charge in [-0.3, -0.25) is 14.6 Å². The highest BCUT2D eigenvalue weighted by Gasteiger charge is 2.13. The molecule has 0 spiro atoms. The summed E-state index contributed by atoms with van der Waals surface area (Å²) in [4.78, 5) is 25.5. The van der Waals surface area contributed by atoms with Crippen LogP contribution in [-0.2, 0) is 4.79 Å². The normalized spacial score (nSPS) is 9.92. The highest BCUT2D eigenvalue weighted by Crippen LogP contribution is 2.29. The summed E-state index contributed by atoms with van der Waals surface area (Å²) in [6.45, 7) is -0.250. The van der Waals surface area contributed by atoms with Gasteiger partial charge in [-0.25, -0.2) is 8.78 Å². The van der Waals surface area contributed by atoms with Gasteiger partial charge in [0.05, 0.1) is 5.52 Å². The Labute approximate surface area is 140 Å². The van der Waals surface area contributed by atoms with Gasteiger partial charge < -0.3 is 5.11 Å². The molecule has 0 aliphatic rings. The van der Waals surface area contributed by atoms with Gasteiger partial charge in [0.1, 0.15) is 0 Å². The van der Waals surface area contributed by atoms with Gasteiger partial charge in [-0.1, -0.05) is 18.2 Å². The van der Waals surface area contributed by atoms with Crippen molar-refractivity contribution in [2.75, 3.05) is 0 Å². The molecule has 3 rings (SSSR count). The van der Waals surface area contributed by atoms with Gasteiger partial charge in [0.2, 0.25) is 5.12 Å². The van der Waals surface area contributed by atoms with Gasteiger partial charge in [-0.2, -0.15) is 0 Å². The van der Waals surface area contributed by atoms with E-state index in [-0.39, 0.29) is 17.2 Å². The van der Waals surface area contributed by atoms with Gasteiger partial charge in [0.15, 0.2) is 11.6 Å². The number of pyridine rings is 1. The first kappa shape index (κ1) is 17.6. The number of carbonyl (C=O) groups is 2. The molecule has 0 fully saturated rings. The van der Waals surface area contributed by atoms with Crippen molar-refractivity contribution in [1.82, 2.24) is 4.98 Å². The van der Waals surface area contributed by atoms with Gasteiger partial charge in [0.25, 0.3) is 6.47 Å². The molecule has 122 valence electrons. The lowest BCUT2D eigenvalue weighted by molar-refractivity contribution is -0.122. The quantitative estimate of drug-likeness (QED) is 0.557. The molecule has 0 amide bonds. The Hall–Kier alpha value is -2.80. The number of carbonyl (C=O) groups excluding carboxylic acids is 1. The zero-order valence-electron chi connectivity index (χ0n) is 12.1. The SMILES string of the molecule is O=C(Sc1cccc2cccnc12)c1ccc(F)c(F)c1.O=CO. The zero-order valence-corrected chi connectivity index (χ0v) is 13.0. The van der Waals surface area contributed by atoms with E-state index in [0.717, 1.165) is 29.3 Å². The van der Waals surface area contributed by atoms with Crippen molar-refractivity contribution in [3.8, 4) is 0 Å². The predicted octanol–water partition coefficient (Wildman–Crippen LogP) is 4.15. The van der Waals surface area contributed by atoms with Crippen LogP contribution in [0.2, 0.25) is 0 Å². The van der Waals surface area contributed by atoms with E-state index in [1.807, 2.05) is 24.3 Å². The van der Waals surface area contributed by atoms with Crippen molar-refractivity contribution < 1.29 is 23.5 Å². The number of halogens is 2. The number of fused-ring (bicyclic) bond motifs is 1. The molecule has 1 N–H and O–H groups in total. The summed E-state index contributed by atoms with van der Waals surface area (Å²) in [6, 6.07) is 12.3. The summed E-state index contributed by atoms with van der Waals surface area (Å²) in [6.07, 6.45) is 1.65. The van der Waals surface area contributed by atoms with Crippen LogP contribution in [0, 0.1) is 11.6 Å². The van der Waals surface area contributed by atoms with Crippen LogP contribution in [0.25, 0.3) is 10.9 Å². The lowest BCUT2D eigenvalue weighted by atomic mass is 10.2. The summed E-state index contributed by atoms with van der Waals surface area (Å²) in [5.41, 5.74) is 0.827. The van der Waals surface area contributed by atoms with E-state index < -0.39 is 11.6 Å². The number of nitrogens with zero attached hydrogens (tertiary/aromatic N) is 1. The third-order valence-corrected chi connectivity index (χ3v) is 3.92. The van der Waals surface area contributed by atoms with Gasteiger partial charge >= 0.3 is 0 Å². The molecule has 24 heavy (non-hydrogen) atoms. The zero-order chi connectivity index (χ0) is 17.5. The molecule has 7 heteroatoms. The minimum Gasteiger partial charge on any atom is -0.483 e. The molecule has 0 aliphatic heterocycles. The van der Waals surface area contributed by atoms with Crippen molar-refractivity contribution in [3.63, 3.8) is 0 Å². The van der Waals surface area contributed by atoms with E-state index in [1.54, 1.807) is 12.3 Å². The number of hydrogen-bond donors (Lipinski definition) is 1. The average molecular weight is 347 g/mol. The number of aromatic nitrogens is 1. The molecule has 3 aromatic rings. The molecule has 1 aromatic heterocycles. The molecular weight excluding hydrogens is 336 g/mol. The minimum atomic E-state index is -1.03. The maximum atomic E-state index is 13.2. The smallest absolute Gasteiger partial charge is 0.290 e. The minimum absolute atomic E-state index is 0.117. The summed E-state index contributed by atoms with van der Waals surface area (Å²) in [5.74, 6) is -2.00. The molecule has 0 saturated carbocycles. The van der Waals surface area contributed by atoms with Crippen molar-refractivity contribution in [2.45, 2.75) is 4.90 Å². The number of hydrogen-bond acceptors (Lipinski definition) is 4. The lowest BCUT2D eigenvalue weighted by Crippen LogP contribution is -1.96. The van der Waals surface area contributed by atoms with Crippen LogP contribution in [0.5, 0.6) is 0 Å². The van der Waals surface area contributed by atoms with Crippen LogP contribution < -0.4 is 0 Å². The molecule has 0 unspecified atom stereocenters. The first-order chi connectivity index (χ1) is 11.6. The van der Waals surface area contributed by atoms with Crippen LogP contribution in [-0.4, -0.2) is 21.7 Å². The van der Waals surface area contributed by atoms with Crippen LogP contribution in [0.1, 0.15) is 10.4 Å². The topological polar surface area (TPSA) is 67.3 Å². The van der Waals surface area contributed by atoms with Crippen LogP contribution in [0.4, 0.5) is 8.78 Å². The molecule has 0 saturated heterocycles.